The number of ether oxygens (including phenoxy) is 2. The molecule has 0 unspecified atom stereocenters. The second kappa shape index (κ2) is 12.6. The second-order valence-electron chi connectivity index (χ2n) is 7.92. The van der Waals surface area contributed by atoms with E-state index in [1.54, 1.807) is 12.1 Å². The van der Waals surface area contributed by atoms with Gasteiger partial charge in [-0.25, -0.2) is 5.43 Å². The lowest BCUT2D eigenvalue weighted by Gasteiger charge is -2.15. The molecule has 3 rings (SSSR count). The molecule has 0 heterocycles. The van der Waals surface area contributed by atoms with Gasteiger partial charge in [0.25, 0.3) is 17.5 Å². The molecule has 0 aromatic heterocycles. The molecule has 3 aromatic rings. The molecule has 37 heavy (non-hydrogen) atoms. The first-order valence-corrected chi connectivity index (χ1v) is 12.0. The standard InChI is InChI=1S/C26H25BrN4O6/c1-4-36-23-13-18(14-28-30-26(33)19-7-9-20(10-8-19)31(34)35)12-21(27)25(23)37-15-24(32)29-22-11-16(2)5-6-17(22)3/h5-14H,4,15H2,1-3H3,(H,29,32)(H,30,33)/b28-14+. The summed E-state index contributed by atoms with van der Waals surface area (Å²) in [5.74, 6) is -0.0997. The maximum absolute atomic E-state index is 12.5. The molecule has 0 spiro atoms. The van der Waals surface area contributed by atoms with Crippen LogP contribution in [0.3, 0.4) is 0 Å². The van der Waals surface area contributed by atoms with Crippen LogP contribution in [-0.2, 0) is 4.79 Å². The van der Waals surface area contributed by atoms with Crippen molar-refractivity contribution < 1.29 is 24.0 Å². The number of hydrogen-bond donors (Lipinski definition) is 2. The van der Waals surface area contributed by atoms with Crippen molar-refractivity contribution in [2.45, 2.75) is 20.8 Å². The fourth-order valence-corrected chi connectivity index (χ4v) is 3.80. The Labute approximate surface area is 222 Å². The van der Waals surface area contributed by atoms with E-state index in [1.165, 1.54) is 30.5 Å². The number of carbonyl (C=O) groups excluding carboxylic acids is 2. The maximum Gasteiger partial charge on any atom is 0.271 e. The average Bonchev–Trinajstić information content (AvgIpc) is 2.86. The van der Waals surface area contributed by atoms with Crippen molar-refractivity contribution in [1.29, 1.82) is 0 Å². The Morgan fingerprint density at radius 3 is 2.49 bits per heavy atom. The van der Waals surface area contributed by atoms with Crippen LogP contribution in [0, 0.1) is 24.0 Å². The van der Waals surface area contributed by atoms with Gasteiger partial charge in [0.1, 0.15) is 0 Å². The summed E-state index contributed by atoms with van der Waals surface area (Å²) in [4.78, 5) is 34.9. The van der Waals surface area contributed by atoms with Gasteiger partial charge in [0.05, 0.1) is 22.2 Å². The Kier molecular flexibility index (Phi) is 9.33. The smallest absolute Gasteiger partial charge is 0.271 e. The predicted molar refractivity (Wildman–Crippen MR) is 144 cm³/mol. The van der Waals surface area contributed by atoms with Crippen LogP contribution >= 0.6 is 15.9 Å². The zero-order valence-corrected chi connectivity index (χ0v) is 22.0. The number of aryl methyl sites for hydroxylation is 2. The number of hydrazone groups is 1. The Morgan fingerprint density at radius 1 is 1.08 bits per heavy atom. The summed E-state index contributed by atoms with van der Waals surface area (Å²) in [7, 11) is 0. The van der Waals surface area contributed by atoms with Crippen LogP contribution in [0.1, 0.15) is 34.0 Å². The molecule has 0 bridgehead atoms. The van der Waals surface area contributed by atoms with Gasteiger partial charge in [-0.15, -0.1) is 0 Å². The number of halogens is 1. The zero-order chi connectivity index (χ0) is 26.9. The number of amides is 2. The minimum Gasteiger partial charge on any atom is -0.490 e. The van der Waals surface area contributed by atoms with Gasteiger partial charge in [0.2, 0.25) is 0 Å². The van der Waals surface area contributed by atoms with Crippen LogP contribution in [0.4, 0.5) is 11.4 Å². The van der Waals surface area contributed by atoms with E-state index in [4.69, 9.17) is 9.47 Å². The van der Waals surface area contributed by atoms with E-state index in [1.807, 2.05) is 39.0 Å². The molecule has 2 N–H and O–H groups in total. The lowest BCUT2D eigenvalue weighted by molar-refractivity contribution is -0.384. The second-order valence-corrected chi connectivity index (χ2v) is 8.78. The van der Waals surface area contributed by atoms with Crippen molar-refractivity contribution >= 4 is 45.3 Å². The molecule has 0 aliphatic heterocycles. The van der Waals surface area contributed by atoms with Gasteiger partial charge >= 0.3 is 0 Å². The third kappa shape index (κ3) is 7.61. The first-order chi connectivity index (χ1) is 17.7. The summed E-state index contributed by atoms with van der Waals surface area (Å²) in [6, 6.07) is 14.3. The quantitative estimate of drug-likeness (QED) is 0.197. The molecule has 0 aliphatic rings. The predicted octanol–water partition coefficient (Wildman–Crippen LogP) is 5.15. The summed E-state index contributed by atoms with van der Waals surface area (Å²) in [5.41, 5.74) is 5.77. The molecule has 10 nitrogen and oxygen atoms in total. The van der Waals surface area contributed by atoms with Gasteiger partial charge in [-0.2, -0.15) is 5.10 Å². The van der Waals surface area contributed by atoms with Crippen molar-refractivity contribution in [3.8, 4) is 11.5 Å². The molecule has 2 amide bonds. The summed E-state index contributed by atoms with van der Waals surface area (Å²) in [6.07, 6.45) is 1.41. The molecular weight excluding hydrogens is 544 g/mol. The van der Waals surface area contributed by atoms with Crippen LogP contribution < -0.4 is 20.2 Å². The number of anilines is 1. The Bertz CT molecular complexity index is 1340. The Morgan fingerprint density at radius 2 is 1.81 bits per heavy atom. The van der Waals surface area contributed by atoms with E-state index in [2.05, 4.69) is 31.8 Å². The van der Waals surface area contributed by atoms with Gasteiger partial charge in [-0.05, 0) is 83.7 Å². The van der Waals surface area contributed by atoms with Crippen LogP contribution in [0.5, 0.6) is 11.5 Å². The molecule has 0 fully saturated rings. The van der Waals surface area contributed by atoms with E-state index >= 15 is 0 Å². The van der Waals surface area contributed by atoms with Crippen LogP contribution in [0.15, 0.2) is 64.2 Å². The van der Waals surface area contributed by atoms with E-state index < -0.39 is 10.8 Å². The third-order valence-corrected chi connectivity index (χ3v) is 5.66. The normalized spacial score (nSPS) is 10.7. The number of nitrogens with zero attached hydrogens (tertiary/aromatic N) is 2. The Hall–Kier alpha value is -4.25. The zero-order valence-electron chi connectivity index (χ0n) is 20.4. The average molecular weight is 569 g/mol. The first-order valence-electron chi connectivity index (χ1n) is 11.2. The number of nitro benzene ring substituents is 1. The lowest BCUT2D eigenvalue weighted by atomic mass is 10.1. The van der Waals surface area contributed by atoms with Crippen molar-refractivity contribution in [1.82, 2.24) is 5.43 Å². The van der Waals surface area contributed by atoms with E-state index in [9.17, 15) is 19.7 Å². The number of nitrogens with one attached hydrogen (secondary N) is 2. The minimum atomic E-state index is -0.543. The fraction of sp³-hybridized carbons (Fsp3) is 0.192. The van der Waals surface area contributed by atoms with Crippen molar-refractivity contribution in [3.63, 3.8) is 0 Å². The monoisotopic (exact) mass is 568 g/mol. The number of nitro groups is 1. The number of carbonyl (C=O) groups is 2. The van der Waals surface area contributed by atoms with E-state index in [-0.39, 0.29) is 23.8 Å². The summed E-state index contributed by atoms with van der Waals surface area (Å²) < 4.78 is 12.0. The minimum absolute atomic E-state index is 0.113. The maximum atomic E-state index is 12.5. The van der Waals surface area contributed by atoms with Crippen LogP contribution in [0.2, 0.25) is 0 Å². The molecule has 0 saturated heterocycles. The van der Waals surface area contributed by atoms with Crippen LogP contribution in [-0.4, -0.2) is 36.2 Å². The number of rotatable bonds is 10. The third-order valence-electron chi connectivity index (χ3n) is 5.07. The molecule has 0 radical (unpaired) electrons. The van der Waals surface area contributed by atoms with E-state index in [0.717, 1.165) is 16.8 Å². The van der Waals surface area contributed by atoms with Crippen LogP contribution in [0.25, 0.3) is 0 Å². The molecule has 0 saturated carbocycles. The summed E-state index contributed by atoms with van der Waals surface area (Å²) in [5, 5.41) is 17.5. The molecule has 0 atom stereocenters. The Balaban J connectivity index is 1.66. The number of hydrogen-bond acceptors (Lipinski definition) is 7. The van der Waals surface area contributed by atoms with Crippen molar-refractivity contribution in [2.24, 2.45) is 5.10 Å². The number of non-ortho nitro benzene ring substituents is 1. The number of benzene rings is 3. The largest absolute Gasteiger partial charge is 0.490 e. The van der Waals surface area contributed by atoms with Crippen molar-refractivity contribution in [2.75, 3.05) is 18.5 Å². The highest BCUT2D eigenvalue weighted by Gasteiger charge is 2.15. The van der Waals surface area contributed by atoms with Crippen molar-refractivity contribution in [3.05, 3.63) is 91.4 Å². The van der Waals surface area contributed by atoms with Gasteiger partial charge in [-0.3, -0.25) is 19.7 Å². The lowest BCUT2D eigenvalue weighted by Crippen LogP contribution is -2.21. The van der Waals surface area contributed by atoms with Gasteiger partial charge in [0, 0.05) is 23.4 Å². The molecule has 11 heteroatoms. The summed E-state index contributed by atoms with van der Waals surface area (Å²) in [6.45, 7) is 5.80. The van der Waals surface area contributed by atoms with Gasteiger partial charge in [0.15, 0.2) is 18.1 Å². The highest BCUT2D eigenvalue weighted by molar-refractivity contribution is 9.10. The molecule has 3 aromatic carbocycles. The highest BCUT2D eigenvalue weighted by Crippen LogP contribution is 2.36. The first kappa shape index (κ1) is 27.3. The molecule has 0 aliphatic carbocycles. The highest BCUT2D eigenvalue weighted by atomic mass is 79.9. The topological polar surface area (TPSA) is 132 Å². The van der Waals surface area contributed by atoms with Gasteiger partial charge in [-0.1, -0.05) is 12.1 Å². The molecule has 192 valence electrons. The summed E-state index contributed by atoms with van der Waals surface area (Å²) >= 11 is 3.44. The van der Waals surface area contributed by atoms with Gasteiger partial charge < -0.3 is 14.8 Å². The van der Waals surface area contributed by atoms with E-state index in [0.29, 0.717) is 28.1 Å². The fourth-order valence-electron chi connectivity index (χ4n) is 3.22. The molecular formula is C26H25BrN4O6. The SMILES string of the molecule is CCOc1cc(/C=N/NC(=O)c2ccc([N+](=O)[O-])cc2)cc(Br)c1OCC(=O)Nc1cc(C)ccc1C.